The summed E-state index contributed by atoms with van der Waals surface area (Å²) in [6.45, 7) is -1.44. The molecule has 0 amide bonds. The molecule has 3 aromatic rings. The van der Waals surface area contributed by atoms with E-state index in [1.165, 1.54) is 51.5 Å². The molecule has 0 saturated heterocycles. The van der Waals surface area contributed by atoms with Gasteiger partial charge in [0.1, 0.15) is 23.5 Å². The Morgan fingerprint density at radius 2 is 1.61 bits per heavy atom. The van der Waals surface area contributed by atoms with Gasteiger partial charge in [-0.25, -0.2) is 18.4 Å². The summed E-state index contributed by atoms with van der Waals surface area (Å²) in [7, 11) is -0.139. The normalized spacial score (nSPS) is 19.1. The Kier molecular flexibility index (Phi) is 9.83. The lowest BCUT2D eigenvalue weighted by atomic mass is 9.86. The molecule has 0 radical (unpaired) electrons. The SMILES string of the molecule is COc1ncnc(OC)c1-n1c(NS(=O)(=O)C(C)C(OC)c2ncc(Cl)cn2)nnc1C1CCC(OC(F)F)CC1. The van der Waals surface area contributed by atoms with Crippen molar-refractivity contribution in [3.63, 3.8) is 0 Å². The van der Waals surface area contributed by atoms with Crippen LogP contribution in [0.3, 0.4) is 0 Å². The van der Waals surface area contributed by atoms with Crippen LogP contribution in [0.5, 0.6) is 11.8 Å². The zero-order valence-electron chi connectivity index (χ0n) is 22.6. The van der Waals surface area contributed by atoms with E-state index in [0.717, 1.165) is 0 Å². The highest BCUT2D eigenvalue weighted by molar-refractivity contribution is 7.93. The highest BCUT2D eigenvalue weighted by atomic mass is 35.5. The van der Waals surface area contributed by atoms with Crippen molar-refractivity contribution in [2.45, 2.75) is 62.6 Å². The number of methoxy groups -OCH3 is 3. The lowest BCUT2D eigenvalue weighted by molar-refractivity contribution is -0.170. The summed E-state index contributed by atoms with van der Waals surface area (Å²) >= 11 is 5.87. The van der Waals surface area contributed by atoms with E-state index in [2.05, 4.69) is 39.6 Å². The van der Waals surface area contributed by atoms with Crippen LogP contribution in [0.25, 0.3) is 5.69 Å². The number of nitrogens with zero attached hydrogens (tertiary/aromatic N) is 7. The highest BCUT2D eigenvalue weighted by Crippen LogP contribution is 2.39. The van der Waals surface area contributed by atoms with Gasteiger partial charge in [-0.2, -0.15) is 18.7 Å². The maximum atomic E-state index is 13.6. The molecule has 0 spiro atoms. The monoisotopic (exact) mass is 618 g/mol. The summed E-state index contributed by atoms with van der Waals surface area (Å²) in [6.07, 6.45) is 3.77. The number of rotatable bonds is 12. The first-order chi connectivity index (χ1) is 19.6. The fourth-order valence-electron chi connectivity index (χ4n) is 4.65. The van der Waals surface area contributed by atoms with Crippen molar-refractivity contribution < 1.29 is 36.1 Å². The number of hydrogen-bond donors (Lipinski definition) is 1. The summed E-state index contributed by atoms with van der Waals surface area (Å²) in [5.74, 6) is 0.0765. The molecule has 1 fully saturated rings. The highest BCUT2D eigenvalue weighted by Gasteiger charge is 2.37. The second kappa shape index (κ2) is 13.1. The minimum atomic E-state index is -4.23. The topological polar surface area (TPSA) is 165 Å². The van der Waals surface area contributed by atoms with E-state index < -0.39 is 34.1 Å². The third kappa shape index (κ3) is 6.79. The molecule has 2 unspecified atom stereocenters. The van der Waals surface area contributed by atoms with Gasteiger partial charge < -0.3 is 18.9 Å². The smallest absolute Gasteiger partial charge is 0.345 e. The van der Waals surface area contributed by atoms with Gasteiger partial charge in [0.15, 0.2) is 11.5 Å². The minimum Gasteiger partial charge on any atom is -0.479 e. The largest absolute Gasteiger partial charge is 0.479 e. The third-order valence-corrected chi connectivity index (χ3v) is 8.57. The van der Waals surface area contributed by atoms with Crippen LogP contribution >= 0.6 is 11.6 Å². The molecule has 224 valence electrons. The molecule has 14 nitrogen and oxygen atoms in total. The average molecular weight is 619 g/mol. The third-order valence-electron chi connectivity index (χ3n) is 6.69. The maximum Gasteiger partial charge on any atom is 0.345 e. The Morgan fingerprint density at radius 3 is 2.15 bits per heavy atom. The second-order valence-corrected chi connectivity index (χ2v) is 11.6. The zero-order chi connectivity index (χ0) is 29.7. The Balaban J connectivity index is 1.74. The van der Waals surface area contributed by atoms with Crippen molar-refractivity contribution in [2.24, 2.45) is 0 Å². The standard InChI is InChI=1S/C23H29ClF2N8O6S/c1-12(17(37-2)18-27-9-14(24)10-28-18)41(35,36)33-23-32-31-19(13-5-7-15(8-6-13)40-22(25)26)34(23)16-20(38-3)29-11-30-21(16)39-4/h9-13,15,17,22H,5-8H2,1-4H3,(H,32,33). The van der Waals surface area contributed by atoms with Crippen LogP contribution in [0.4, 0.5) is 14.7 Å². The molecule has 1 N–H and O–H groups in total. The quantitative estimate of drug-likeness (QED) is 0.315. The molecule has 1 aliphatic rings. The number of ether oxygens (including phenoxy) is 4. The molecule has 1 aliphatic carbocycles. The summed E-state index contributed by atoms with van der Waals surface area (Å²) in [6, 6.07) is 0. The lowest BCUT2D eigenvalue weighted by Gasteiger charge is -2.28. The van der Waals surface area contributed by atoms with E-state index in [1.807, 2.05) is 0 Å². The number of alkyl halides is 2. The first-order valence-corrected chi connectivity index (χ1v) is 14.4. The van der Waals surface area contributed by atoms with Crippen LogP contribution in [0, 0.1) is 0 Å². The predicted octanol–water partition coefficient (Wildman–Crippen LogP) is 3.30. The zero-order valence-corrected chi connectivity index (χ0v) is 24.1. The van der Waals surface area contributed by atoms with Gasteiger partial charge in [-0.1, -0.05) is 11.6 Å². The first kappa shape index (κ1) is 30.7. The fraction of sp³-hybridized carbons (Fsp3) is 0.565. The average Bonchev–Trinajstić information content (AvgIpc) is 3.36. The van der Waals surface area contributed by atoms with Gasteiger partial charge in [0.25, 0.3) is 0 Å². The summed E-state index contributed by atoms with van der Waals surface area (Å²) in [5.41, 5.74) is 0.151. The van der Waals surface area contributed by atoms with Gasteiger partial charge in [0, 0.05) is 25.4 Å². The van der Waals surface area contributed by atoms with Gasteiger partial charge in [-0.15, -0.1) is 10.2 Å². The molecule has 41 heavy (non-hydrogen) atoms. The van der Waals surface area contributed by atoms with Crippen LogP contribution in [0.1, 0.15) is 56.3 Å². The van der Waals surface area contributed by atoms with E-state index in [4.69, 9.17) is 25.8 Å². The van der Waals surface area contributed by atoms with Crippen LogP contribution < -0.4 is 14.2 Å². The molecule has 0 bridgehead atoms. The molecule has 4 rings (SSSR count). The first-order valence-electron chi connectivity index (χ1n) is 12.4. The Morgan fingerprint density at radius 1 is 1.00 bits per heavy atom. The number of hydrogen-bond acceptors (Lipinski definition) is 12. The van der Waals surface area contributed by atoms with E-state index in [1.54, 1.807) is 0 Å². The number of aromatic nitrogens is 7. The lowest BCUT2D eigenvalue weighted by Crippen LogP contribution is -2.33. The van der Waals surface area contributed by atoms with Gasteiger partial charge in [0.05, 0.1) is 25.3 Å². The van der Waals surface area contributed by atoms with Crippen LogP contribution in [-0.4, -0.2) is 82.4 Å². The minimum absolute atomic E-state index is 0.0606. The number of anilines is 1. The van der Waals surface area contributed by atoms with Crippen molar-refractivity contribution in [3.05, 3.63) is 35.4 Å². The van der Waals surface area contributed by atoms with Crippen LogP contribution in [0.2, 0.25) is 5.02 Å². The molecule has 18 heteroatoms. The van der Waals surface area contributed by atoms with Crippen molar-refractivity contribution >= 4 is 27.6 Å². The molecular formula is C23H29ClF2N8O6S. The van der Waals surface area contributed by atoms with Crippen molar-refractivity contribution in [2.75, 3.05) is 26.1 Å². The van der Waals surface area contributed by atoms with Crippen molar-refractivity contribution in [1.82, 2.24) is 34.7 Å². The fourth-order valence-corrected chi connectivity index (χ4v) is 5.87. The molecule has 3 aromatic heterocycles. The molecule has 1 saturated carbocycles. The number of halogens is 3. The van der Waals surface area contributed by atoms with E-state index in [0.29, 0.717) is 31.5 Å². The Bertz CT molecular complexity index is 1400. The molecule has 3 heterocycles. The van der Waals surface area contributed by atoms with Gasteiger partial charge in [-0.05, 0) is 32.6 Å². The van der Waals surface area contributed by atoms with Crippen LogP contribution in [0.15, 0.2) is 18.7 Å². The summed E-state index contributed by atoms with van der Waals surface area (Å²) in [4.78, 5) is 16.5. The van der Waals surface area contributed by atoms with E-state index >= 15 is 0 Å². The Hall–Kier alpha value is -3.28. The van der Waals surface area contributed by atoms with Crippen molar-refractivity contribution in [3.8, 4) is 17.4 Å². The Labute approximate surface area is 239 Å². The van der Waals surface area contributed by atoms with E-state index in [9.17, 15) is 17.2 Å². The predicted molar refractivity (Wildman–Crippen MR) is 141 cm³/mol. The number of sulfonamides is 1. The van der Waals surface area contributed by atoms with E-state index in [-0.39, 0.29) is 40.2 Å². The molecular weight excluding hydrogens is 590 g/mol. The molecule has 2 atom stereocenters. The van der Waals surface area contributed by atoms with Gasteiger partial charge in [-0.3, -0.25) is 9.29 Å². The molecule has 0 aromatic carbocycles. The second-order valence-electron chi connectivity index (χ2n) is 9.10. The van der Waals surface area contributed by atoms with Crippen LogP contribution in [-0.2, 0) is 19.5 Å². The van der Waals surface area contributed by atoms with Gasteiger partial charge in [0.2, 0.25) is 27.7 Å². The summed E-state index contributed by atoms with van der Waals surface area (Å²) in [5, 5.41) is 7.50. The maximum absolute atomic E-state index is 13.6. The van der Waals surface area contributed by atoms with Gasteiger partial charge >= 0.3 is 6.61 Å². The number of nitrogens with one attached hydrogen (secondary N) is 1. The van der Waals surface area contributed by atoms with Crippen molar-refractivity contribution in [1.29, 1.82) is 0 Å². The summed E-state index contributed by atoms with van der Waals surface area (Å²) < 4.78 is 77.6. The molecule has 0 aliphatic heterocycles.